The highest BCUT2D eigenvalue weighted by Gasteiger charge is 2.11. The molecule has 3 rings (SSSR count). The zero-order valence-electron chi connectivity index (χ0n) is 16.3. The van der Waals surface area contributed by atoms with Crippen LogP contribution in [0.2, 0.25) is 5.02 Å². The second-order valence-corrected chi connectivity index (χ2v) is 7.67. The molecule has 1 aliphatic heterocycles. The molecule has 2 aromatic rings. The lowest BCUT2D eigenvalue weighted by Crippen LogP contribution is -2.36. The maximum Gasteiger partial charge on any atom is 0.0867 e. The summed E-state index contributed by atoms with van der Waals surface area (Å²) in [5, 5.41) is 13.6. The van der Waals surface area contributed by atoms with Gasteiger partial charge in [-0.15, -0.1) is 0 Å². The molecule has 0 amide bonds. The van der Waals surface area contributed by atoms with Crippen molar-refractivity contribution in [2.45, 2.75) is 32.1 Å². The summed E-state index contributed by atoms with van der Waals surface area (Å²) < 4.78 is 5.42. The first-order valence-electron chi connectivity index (χ1n) is 10.1. The second-order valence-electron chi connectivity index (χ2n) is 7.23. The molecule has 1 fully saturated rings. The molecule has 0 aliphatic carbocycles. The minimum Gasteiger partial charge on any atom is -0.411 e. The molecule has 1 heterocycles. The van der Waals surface area contributed by atoms with Crippen molar-refractivity contribution in [1.82, 2.24) is 4.90 Å². The summed E-state index contributed by atoms with van der Waals surface area (Å²) in [5.74, 6) is 0. The number of nitrogens with zero attached hydrogens (tertiary/aromatic N) is 2. The smallest absolute Gasteiger partial charge is 0.0867 e. The Hall–Kier alpha value is -1.88. The largest absolute Gasteiger partial charge is 0.411 e. The SMILES string of the molecule is ON=C(CCCc1ccccc1CCCN1CCOCC1)c1ccc(Cl)cc1. The summed E-state index contributed by atoms with van der Waals surface area (Å²) in [4.78, 5) is 2.49. The van der Waals surface area contributed by atoms with Crippen LogP contribution in [0.4, 0.5) is 0 Å². The molecule has 1 N–H and O–H groups in total. The van der Waals surface area contributed by atoms with E-state index in [2.05, 4.69) is 34.3 Å². The number of rotatable bonds is 9. The molecule has 0 unspecified atom stereocenters. The summed E-state index contributed by atoms with van der Waals surface area (Å²) in [6.45, 7) is 4.96. The zero-order valence-corrected chi connectivity index (χ0v) is 17.1. The number of hydrogen-bond donors (Lipinski definition) is 1. The zero-order chi connectivity index (χ0) is 19.6. The van der Waals surface area contributed by atoms with Crippen molar-refractivity contribution in [3.05, 3.63) is 70.2 Å². The lowest BCUT2D eigenvalue weighted by atomic mass is 9.96. The van der Waals surface area contributed by atoms with Gasteiger partial charge in [-0.05, 0) is 67.5 Å². The molecule has 0 aromatic heterocycles. The Morgan fingerprint density at radius 2 is 1.61 bits per heavy atom. The second kappa shape index (κ2) is 11.2. The normalized spacial score (nSPS) is 15.7. The van der Waals surface area contributed by atoms with E-state index in [1.165, 1.54) is 17.5 Å². The van der Waals surface area contributed by atoms with Crippen LogP contribution in [0.1, 0.15) is 36.0 Å². The van der Waals surface area contributed by atoms with Gasteiger partial charge < -0.3 is 9.94 Å². The predicted molar refractivity (Wildman–Crippen MR) is 115 cm³/mol. The van der Waals surface area contributed by atoms with Gasteiger partial charge in [0.15, 0.2) is 0 Å². The topological polar surface area (TPSA) is 45.1 Å². The third-order valence-corrected chi connectivity index (χ3v) is 5.55. The van der Waals surface area contributed by atoms with E-state index in [0.717, 1.165) is 64.1 Å². The van der Waals surface area contributed by atoms with Crippen LogP contribution in [0.15, 0.2) is 53.7 Å². The molecule has 1 saturated heterocycles. The average Bonchev–Trinajstić information content (AvgIpc) is 2.74. The minimum absolute atomic E-state index is 0.687. The van der Waals surface area contributed by atoms with Gasteiger partial charge in [-0.1, -0.05) is 53.2 Å². The highest BCUT2D eigenvalue weighted by Crippen LogP contribution is 2.17. The van der Waals surface area contributed by atoms with Gasteiger partial charge in [0, 0.05) is 18.1 Å². The number of aryl methyl sites for hydroxylation is 2. The van der Waals surface area contributed by atoms with Crippen LogP contribution in [0.5, 0.6) is 0 Å². The number of halogens is 1. The van der Waals surface area contributed by atoms with Crippen molar-refractivity contribution in [1.29, 1.82) is 0 Å². The van der Waals surface area contributed by atoms with E-state index < -0.39 is 0 Å². The van der Waals surface area contributed by atoms with E-state index in [1.807, 2.05) is 24.3 Å². The maximum absolute atomic E-state index is 9.38. The molecule has 0 atom stereocenters. The van der Waals surface area contributed by atoms with Crippen molar-refractivity contribution >= 4 is 17.3 Å². The fraction of sp³-hybridized carbons (Fsp3) is 0.435. The maximum atomic E-state index is 9.38. The van der Waals surface area contributed by atoms with Crippen LogP contribution in [-0.4, -0.2) is 48.7 Å². The van der Waals surface area contributed by atoms with Gasteiger partial charge in [-0.3, -0.25) is 4.90 Å². The minimum atomic E-state index is 0.687. The van der Waals surface area contributed by atoms with Crippen LogP contribution in [0.25, 0.3) is 0 Å². The standard InChI is InChI=1S/C23H29ClN2O2/c24-22-12-10-21(11-13-22)23(25-27)9-3-7-19-5-1-2-6-20(19)8-4-14-26-15-17-28-18-16-26/h1-2,5-6,10-13,27H,3-4,7-9,14-18H2. The number of morpholine rings is 1. The molecule has 28 heavy (non-hydrogen) atoms. The van der Waals surface area contributed by atoms with E-state index >= 15 is 0 Å². The van der Waals surface area contributed by atoms with Gasteiger partial charge in [0.1, 0.15) is 0 Å². The molecule has 1 aliphatic rings. The first-order valence-corrected chi connectivity index (χ1v) is 10.5. The number of benzene rings is 2. The van der Waals surface area contributed by atoms with Crippen molar-refractivity contribution in [3.63, 3.8) is 0 Å². The molecule has 150 valence electrons. The van der Waals surface area contributed by atoms with E-state index in [1.54, 1.807) is 0 Å². The van der Waals surface area contributed by atoms with Gasteiger partial charge in [0.25, 0.3) is 0 Å². The average molecular weight is 401 g/mol. The molecular formula is C23H29ClN2O2. The van der Waals surface area contributed by atoms with Crippen molar-refractivity contribution in [2.75, 3.05) is 32.8 Å². The van der Waals surface area contributed by atoms with Crippen molar-refractivity contribution < 1.29 is 9.94 Å². The summed E-state index contributed by atoms with van der Waals surface area (Å²) in [5.41, 5.74) is 4.47. The van der Waals surface area contributed by atoms with Gasteiger partial charge in [-0.2, -0.15) is 0 Å². The Bertz CT molecular complexity index is 755. The van der Waals surface area contributed by atoms with Crippen LogP contribution in [0, 0.1) is 0 Å². The van der Waals surface area contributed by atoms with Crippen LogP contribution in [-0.2, 0) is 17.6 Å². The van der Waals surface area contributed by atoms with E-state index in [4.69, 9.17) is 16.3 Å². The van der Waals surface area contributed by atoms with Gasteiger partial charge in [0.2, 0.25) is 0 Å². The summed E-state index contributed by atoms with van der Waals surface area (Å²) in [6.07, 6.45) is 4.94. The van der Waals surface area contributed by atoms with E-state index in [0.29, 0.717) is 10.7 Å². The van der Waals surface area contributed by atoms with Crippen molar-refractivity contribution in [2.24, 2.45) is 5.16 Å². The fourth-order valence-corrected chi connectivity index (χ4v) is 3.83. The fourth-order valence-electron chi connectivity index (χ4n) is 3.70. The van der Waals surface area contributed by atoms with E-state index in [-0.39, 0.29) is 0 Å². The Balaban J connectivity index is 1.49. The molecule has 0 spiro atoms. The first kappa shape index (κ1) is 20.8. The molecule has 2 aromatic carbocycles. The van der Waals surface area contributed by atoms with Gasteiger partial charge in [0.05, 0.1) is 18.9 Å². The molecule has 0 radical (unpaired) electrons. The highest BCUT2D eigenvalue weighted by molar-refractivity contribution is 6.30. The van der Waals surface area contributed by atoms with Crippen molar-refractivity contribution in [3.8, 4) is 0 Å². The molecule has 4 nitrogen and oxygen atoms in total. The summed E-state index contributed by atoms with van der Waals surface area (Å²) >= 11 is 5.94. The Labute approximate surface area is 172 Å². The third-order valence-electron chi connectivity index (χ3n) is 5.30. The number of ether oxygens (including phenoxy) is 1. The lowest BCUT2D eigenvalue weighted by molar-refractivity contribution is 0.0374. The third kappa shape index (κ3) is 6.33. The number of oxime groups is 1. The molecule has 5 heteroatoms. The Morgan fingerprint density at radius 3 is 2.25 bits per heavy atom. The predicted octanol–water partition coefficient (Wildman–Crippen LogP) is 4.81. The Morgan fingerprint density at radius 1 is 0.964 bits per heavy atom. The van der Waals surface area contributed by atoms with Crippen LogP contribution < -0.4 is 0 Å². The Kier molecular flexibility index (Phi) is 8.34. The molecule has 0 bridgehead atoms. The quantitative estimate of drug-likeness (QED) is 0.373. The van der Waals surface area contributed by atoms with Gasteiger partial charge >= 0.3 is 0 Å². The highest BCUT2D eigenvalue weighted by atomic mass is 35.5. The van der Waals surface area contributed by atoms with Crippen LogP contribution >= 0.6 is 11.6 Å². The molecular weight excluding hydrogens is 372 g/mol. The lowest BCUT2D eigenvalue weighted by Gasteiger charge is -2.26. The van der Waals surface area contributed by atoms with Gasteiger partial charge in [-0.25, -0.2) is 0 Å². The number of hydrogen-bond acceptors (Lipinski definition) is 4. The van der Waals surface area contributed by atoms with Crippen LogP contribution in [0.3, 0.4) is 0 Å². The van der Waals surface area contributed by atoms with E-state index in [9.17, 15) is 5.21 Å². The first-order chi connectivity index (χ1) is 13.8. The molecule has 0 saturated carbocycles. The summed E-state index contributed by atoms with van der Waals surface area (Å²) in [6, 6.07) is 16.2. The summed E-state index contributed by atoms with van der Waals surface area (Å²) in [7, 11) is 0. The monoisotopic (exact) mass is 400 g/mol.